The van der Waals surface area contributed by atoms with Crippen molar-refractivity contribution in [1.29, 1.82) is 0 Å². The fourth-order valence-electron chi connectivity index (χ4n) is 1.48. The normalized spacial score (nSPS) is 11.9. The Kier molecular flexibility index (Phi) is 4.48. The molecule has 0 aliphatic rings. The molecule has 1 aromatic rings. The van der Waals surface area contributed by atoms with Crippen LogP contribution in [0.5, 0.6) is 0 Å². The van der Waals surface area contributed by atoms with E-state index in [1.165, 1.54) is 23.5 Å². The summed E-state index contributed by atoms with van der Waals surface area (Å²) in [6.45, 7) is 3.46. The van der Waals surface area contributed by atoms with Gasteiger partial charge in [-0.15, -0.1) is 0 Å². The van der Waals surface area contributed by atoms with Crippen LogP contribution in [0.2, 0.25) is 0 Å². The zero-order valence-electron chi connectivity index (χ0n) is 11.2. The van der Waals surface area contributed by atoms with E-state index >= 15 is 0 Å². The fourth-order valence-corrected chi connectivity index (χ4v) is 3.06. The number of nitrogens with one attached hydrogen (secondary N) is 1. The molecule has 7 nitrogen and oxygen atoms in total. The highest BCUT2D eigenvalue weighted by Gasteiger charge is 2.27. The minimum absolute atomic E-state index is 0.0969. The van der Waals surface area contributed by atoms with Crippen LogP contribution in [-0.4, -0.2) is 37.8 Å². The molecule has 19 heavy (non-hydrogen) atoms. The summed E-state index contributed by atoms with van der Waals surface area (Å²) in [5.41, 5.74) is 0.0767. The van der Waals surface area contributed by atoms with Crippen LogP contribution >= 0.6 is 0 Å². The molecule has 1 N–H and O–H groups in total. The average Bonchev–Trinajstić information content (AvgIpc) is 2.36. The van der Waals surface area contributed by atoms with Gasteiger partial charge in [-0.25, -0.2) is 8.42 Å². The number of nitro benzene ring substituents is 1. The third-order valence-electron chi connectivity index (χ3n) is 2.83. The molecule has 0 aromatic heterocycles. The summed E-state index contributed by atoms with van der Waals surface area (Å²) in [4.78, 5) is 10.0. The first-order valence-corrected chi connectivity index (χ1v) is 7.10. The number of rotatable bonds is 5. The van der Waals surface area contributed by atoms with Crippen LogP contribution in [0, 0.1) is 10.1 Å². The fraction of sp³-hybridized carbons (Fsp3) is 0.455. The van der Waals surface area contributed by atoms with E-state index < -0.39 is 14.9 Å². The van der Waals surface area contributed by atoms with Crippen LogP contribution < -0.4 is 5.32 Å². The van der Waals surface area contributed by atoms with Gasteiger partial charge in [0.25, 0.3) is 5.69 Å². The molecule has 1 rings (SSSR count). The van der Waals surface area contributed by atoms with Crippen molar-refractivity contribution in [3.63, 3.8) is 0 Å². The standard InChI is InChI=1S/C11H17N3O4S/c1-8(2)13(4)19(17,18)11-7-9(14(15)16)5-6-10(11)12-3/h5-8,12H,1-4H3. The van der Waals surface area contributed by atoms with Crippen LogP contribution in [-0.2, 0) is 10.0 Å². The molecule has 1 aromatic carbocycles. The SMILES string of the molecule is CNc1ccc([N+](=O)[O-])cc1S(=O)(=O)N(C)C(C)C. The zero-order chi connectivity index (χ0) is 14.8. The predicted molar refractivity (Wildman–Crippen MR) is 72.7 cm³/mol. The summed E-state index contributed by atoms with van der Waals surface area (Å²) in [5, 5.41) is 13.5. The highest BCUT2D eigenvalue weighted by atomic mass is 32.2. The maximum absolute atomic E-state index is 12.4. The number of anilines is 1. The van der Waals surface area contributed by atoms with Gasteiger partial charge in [-0.2, -0.15) is 4.31 Å². The first-order valence-electron chi connectivity index (χ1n) is 5.66. The van der Waals surface area contributed by atoms with E-state index in [9.17, 15) is 18.5 Å². The Bertz CT molecular complexity index is 584. The molecule has 0 unspecified atom stereocenters. The Morgan fingerprint density at radius 2 is 1.95 bits per heavy atom. The predicted octanol–water partition coefficient (Wildman–Crippen LogP) is 1.67. The van der Waals surface area contributed by atoms with Gasteiger partial charge in [0, 0.05) is 32.3 Å². The van der Waals surface area contributed by atoms with Crippen molar-refractivity contribution in [1.82, 2.24) is 4.31 Å². The summed E-state index contributed by atoms with van der Waals surface area (Å²) < 4.78 is 26.0. The van der Waals surface area contributed by atoms with E-state index in [4.69, 9.17) is 0 Å². The van der Waals surface area contributed by atoms with Gasteiger partial charge in [0.05, 0.1) is 10.6 Å². The molecule has 0 atom stereocenters. The topological polar surface area (TPSA) is 92.5 Å². The Labute approximate surface area is 112 Å². The van der Waals surface area contributed by atoms with Gasteiger partial charge in [-0.05, 0) is 19.9 Å². The number of benzene rings is 1. The second kappa shape index (κ2) is 5.54. The van der Waals surface area contributed by atoms with E-state index in [0.717, 1.165) is 6.07 Å². The Hall–Kier alpha value is -1.67. The zero-order valence-corrected chi connectivity index (χ0v) is 12.1. The van der Waals surface area contributed by atoms with Gasteiger partial charge in [-0.3, -0.25) is 10.1 Å². The molecule has 0 saturated heterocycles. The van der Waals surface area contributed by atoms with E-state index in [1.807, 2.05) is 0 Å². The molecule has 0 saturated carbocycles. The number of hydrogen-bond donors (Lipinski definition) is 1. The number of hydrogen-bond acceptors (Lipinski definition) is 5. The molecule has 8 heteroatoms. The molecule has 0 aliphatic heterocycles. The monoisotopic (exact) mass is 287 g/mol. The summed E-state index contributed by atoms with van der Waals surface area (Å²) in [5.74, 6) is 0. The van der Waals surface area contributed by atoms with Crippen molar-refractivity contribution in [3.05, 3.63) is 28.3 Å². The van der Waals surface area contributed by atoms with E-state index in [2.05, 4.69) is 5.32 Å². The van der Waals surface area contributed by atoms with E-state index in [-0.39, 0.29) is 16.6 Å². The second-order valence-electron chi connectivity index (χ2n) is 4.30. The smallest absolute Gasteiger partial charge is 0.270 e. The molecule has 0 amide bonds. The Morgan fingerprint density at radius 1 is 1.37 bits per heavy atom. The molecular formula is C11H17N3O4S. The Balaban J connectivity index is 3.47. The van der Waals surface area contributed by atoms with Crippen LogP contribution in [0.15, 0.2) is 23.1 Å². The van der Waals surface area contributed by atoms with Gasteiger partial charge in [0.2, 0.25) is 10.0 Å². The first kappa shape index (κ1) is 15.4. The molecule has 0 heterocycles. The number of sulfonamides is 1. The quantitative estimate of drug-likeness (QED) is 0.656. The first-order chi connectivity index (χ1) is 8.71. The molecule has 0 aliphatic carbocycles. The largest absolute Gasteiger partial charge is 0.387 e. The van der Waals surface area contributed by atoms with Crippen LogP contribution in [0.1, 0.15) is 13.8 Å². The van der Waals surface area contributed by atoms with Crippen molar-refractivity contribution in [3.8, 4) is 0 Å². The van der Waals surface area contributed by atoms with Crippen LogP contribution in [0.25, 0.3) is 0 Å². The van der Waals surface area contributed by atoms with Gasteiger partial charge in [0.1, 0.15) is 4.90 Å². The lowest BCUT2D eigenvalue weighted by atomic mass is 10.3. The van der Waals surface area contributed by atoms with Gasteiger partial charge in [-0.1, -0.05) is 0 Å². The van der Waals surface area contributed by atoms with Crippen molar-refractivity contribution >= 4 is 21.4 Å². The summed E-state index contributed by atoms with van der Waals surface area (Å²) in [6.07, 6.45) is 0. The number of non-ortho nitro benzene ring substituents is 1. The molecule has 106 valence electrons. The lowest BCUT2D eigenvalue weighted by Gasteiger charge is -2.22. The maximum Gasteiger partial charge on any atom is 0.270 e. The second-order valence-corrected chi connectivity index (χ2v) is 6.27. The van der Waals surface area contributed by atoms with Gasteiger partial charge < -0.3 is 5.32 Å². The molecule has 0 bridgehead atoms. The van der Waals surface area contributed by atoms with Crippen molar-refractivity contribution < 1.29 is 13.3 Å². The molecular weight excluding hydrogens is 270 g/mol. The summed E-state index contributed by atoms with van der Waals surface area (Å²) in [7, 11) is -0.763. The van der Waals surface area contributed by atoms with E-state index in [0.29, 0.717) is 5.69 Å². The molecule has 0 spiro atoms. The number of nitrogens with zero attached hydrogens (tertiary/aromatic N) is 2. The maximum atomic E-state index is 12.4. The molecule has 0 fully saturated rings. The van der Waals surface area contributed by atoms with Crippen molar-refractivity contribution in [2.45, 2.75) is 24.8 Å². The highest BCUT2D eigenvalue weighted by Crippen LogP contribution is 2.28. The number of nitro groups is 1. The van der Waals surface area contributed by atoms with Crippen LogP contribution in [0.3, 0.4) is 0 Å². The van der Waals surface area contributed by atoms with Crippen molar-refractivity contribution in [2.75, 3.05) is 19.4 Å². The van der Waals surface area contributed by atoms with Crippen LogP contribution in [0.4, 0.5) is 11.4 Å². The minimum Gasteiger partial charge on any atom is -0.387 e. The summed E-state index contributed by atoms with van der Waals surface area (Å²) >= 11 is 0. The van der Waals surface area contributed by atoms with Crippen molar-refractivity contribution in [2.24, 2.45) is 0 Å². The lowest BCUT2D eigenvalue weighted by Crippen LogP contribution is -2.33. The average molecular weight is 287 g/mol. The van der Waals surface area contributed by atoms with Gasteiger partial charge in [0.15, 0.2) is 0 Å². The Morgan fingerprint density at radius 3 is 2.37 bits per heavy atom. The van der Waals surface area contributed by atoms with E-state index in [1.54, 1.807) is 20.9 Å². The minimum atomic E-state index is -3.77. The lowest BCUT2D eigenvalue weighted by molar-refractivity contribution is -0.385. The third-order valence-corrected chi connectivity index (χ3v) is 4.90. The summed E-state index contributed by atoms with van der Waals surface area (Å²) in [6, 6.07) is 3.48. The third kappa shape index (κ3) is 3.02. The van der Waals surface area contributed by atoms with Gasteiger partial charge >= 0.3 is 0 Å². The molecule has 0 radical (unpaired) electrons. The highest BCUT2D eigenvalue weighted by molar-refractivity contribution is 7.89.